The maximum Gasteiger partial charge on any atom is 0.407 e. The second-order valence-corrected chi connectivity index (χ2v) is 5.09. The molecule has 4 N–H and O–H groups in total. The Morgan fingerprint density at radius 2 is 2.00 bits per heavy atom. The van der Waals surface area contributed by atoms with E-state index in [1.807, 2.05) is 36.4 Å². The van der Waals surface area contributed by atoms with Crippen LogP contribution in [0.15, 0.2) is 36.4 Å². The lowest BCUT2D eigenvalue weighted by molar-refractivity contribution is 0.145. The van der Waals surface area contributed by atoms with E-state index in [1.54, 1.807) is 0 Å². The molecule has 1 amide bonds. The highest BCUT2D eigenvalue weighted by Crippen LogP contribution is 2.28. The van der Waals surface area contributed by atoms with Gasteiger partial charge in [0.15, 0.2) is 0 Å². The van der Waals surface area contributed by atoms with Crippen LogP contribution < -0.4 is 16.4 Å². The maximum absolute atomic E-state index is 11.4. The van der Waals surface area contributed by atoms with Crippen molar-refractivity contribution < 1.29 is 9.53 Å². The molecule has 0 fully saturated rings. The molecule has 0 spiro atoms. The highest BCUT2D eigenvalue weighted by Gasteiger charge is 2.04. The number of anilines is 2. The van der Waals surface area contributed by atoms with Crippen LogP contribution >= 0.6 is 0 Å². The van der Waals surface area contributed by atoms with Crippen LogP contribution in [0.2, 0.25) is 0 Å². The number of rotatable bonds is 7. The van der Waals surface area contributed by atoms with E-state index in [9.17, 15) is 4.79 Å². The minimum Gasteiger partial charge on any atom is -0.450 e. The smallest absolute Gasteiger partial charge is 0.407 e. The number of fused-ring (bicyclic) bond motifs is 1. The molecule has 22 heavy (non-hydrogen) atoms. The molecule has 0 aliphatic heterocycles. The molecule has 0 aliphatic carbocycles. The van der Waals surface area contributed by atoms with Crippen LogP contribution in [-0.4, -0.2) is 25.8 Å². The van der Waals surface area contributed by atoms with Gasteiger partial charge in [0.2, 0.25) is 0 Å². The summed E-state index contributed by atoms with van der Waals surface area (Å²) in [4.78, 5) is 11.4. The molecule has 5 nitrogen and oxygen atoms in total. The Labute approximate surface area is 130 Å². The third-order valence-electron chi connectivity index (χ3n) is 3.41. The fraction of sp³-hybridized carbons (Fsp3) is 0.353. The lowest BCUT2D eigenvalue weighted by Crippen LogP contribution is -2.29. The summed E-state index contributed by atoms with van der Waals surface area (Å²) in [6.07, 6.45) is 1.52. The summed E-state index contributed by atoms with van der Waals surface area (Å²) < 4.78 is 5.01. The minimum absolute atomic E-state index is 0.373. The summed E-state index contributed by atoms with van der Waals surface area (Å²) in [6, 6.07) is 12.0. The van der Waals surface area contributed by atoms with Crippen LogP contribution in [0.4, 0.5) is 16.2 Å². The number of amides is 1. The Balaban J connectivity index is 1.80. The number of hydrogen-bond acceptors (Lipinski definition) is 4. The zero-order chi connectivity index (χ0) is 15.8. The van der Waals surface area contributed by atoms with Gasteiger partial charge in [0.25, 0.3) is 0 Å². The standard InChI is InChI=1S/C17H23N3O2/c1-2-3-12-22-17(21)20-11-10-19-15-9-8-13-6-4-5-7-14(13)16(15)18/h4-9,19H,2-3,10-12,18H2,1H3,(H,20,21). The van der Waals surface area contributed by atoms with Gasteiger partial charge in [-0.15, -0.1) is 0 Å². The van der Waals surface area contributed by atoms with Gasteiger partial charge in [0.1, 0.15) is 0 Å². The zero-order valence-corrected chi connectivity index (χ0v) is 12.9. The lowest BCUT2D eigenvalue weighted by Gasteiger charge is -2.12. The number of alkyl carbamates (subject to hydrolysis) is 1. The molecule has 118 valence electrons. The molecule has 0 heterocycles. The van der Waals surface area contributed by atoms with Crippen molar-refractivity contribution in [2.24, 2.45) is 0 Å². The Morgan fingerprint density at radius 3 is 2.82 bits per heavy atom. The predicted molar refractivity (Wildman–Crippen MR) is 91.1 cm³/mol. The lowest BCUT2D eigenvalue weighted by atomic mass is 10.1. The first-order valence-corrected chi connectivity index (χ1v) is 7.64. The summed E-state index contributed by atoms with van der Waals surface area (Å²) in [5, 5.41) is 8.08. The molecule has 2 aromatic carbocycles. The van der Waals surface area contributed by atoms with Crippen molar-refractivity contribution in [1.82, 2.24) is 5.32 Å². The third kappa shape index (κ3) is 4.28. The van der Waals surface area contributed by atoms with Crippen molar-refractivity contribution in [3.8, 4) is 0 Å². The second kappa shape index (κ2) is 8.12. The van der Waals surface area contributed by atoms with Gasteiger partial charge in [-0.05, 0) is 17.9 Å². The zero-order valence-electron chi connectivity index (χ0n) is 12.9. The highest BCUT2D eigenvalue weighted by molar-refractivity contribution is 5.98. The first-order chi connectivity index (χ1) is 10.7. The van der Waals surface area contributed by atoms with Crippen LogP contribution in [0.3, 0.4) is 0 Å². The number of nitrogen functional groups attached to an aromatic ring is 1. The van der Waals surface area contributed by atoms with E-state index in [0.29, 0.717) is 19.7 Å². The van der Waals surface area contributed by atoms with Gasteiger partial charge in [-0.1, -0.05) is 43.7 Å². The normalized spacial score (nSPS) is 10.4. The van der Waals surface area contributed by atoms with Gasteiger partial charge in [-0.2, -0.15) is 0 Å². The van der Waals surface area contributed by atoms with Gasteiger partial charge in [-0.3, -0.25) is 0 Å². The average Bonchev–Trinajstić information content (AvgIpc) is 2.54. The number of benzene rings is 2. The van der Waals surface area contributed by atoms with E-state index in [0.717, 1.165) is 35.0 Å². The largest absolute Gasteiger partial charge is 0.450 e. The van der Waals surface area contributed by atoms with Gasteiger partial charge in [0, 0.05) is 18.5 Å². The van der Waals surface area contributed by atoms with Crippen LogP contribution in [-0.2, 0) is 4.74 Å². The van der Waals surface area contributed by atoms with E-state index < -0.39 is 0 Å². The molecule has 0 radical (unpaired) electrons. The third-order valence-corrected chi connectivity index (χ3v) is 3.41. The molecule has 0 bridgehead atoms. The number of nitrogens with one attached hydrogen (secondary N) is 2. The molecule has 5 heteroatoms. The van der Waals surface area contributed by atoms with E-state index in [4.69, 9.17) is 10.5 Å². The van der Waals surface area contributed by atoms with Crippen LogP contribution in [0.25, 0.3) is 10.8 Å². The fourth-order valence-corrected chi connectivity index (χ4v) is 2.17. The fourth-order valence-electron chi connectivity index (χ4n) is 2.17. The quantitative estimate of drug-likeness (QED) is 0.541. The topological polar surface area (TPSA) is 76.4 Å². The van der Waals surface area contributed by atoms with E-state index >= 15 is 0 Å². The molecular weight excluding hydrogens is 278 g/mol. The van der Waals surface area contributed by atoms with Crippen LogP contribution in [0.5, 0.6) is 0 Å². The van der Waals surface area contributed by atoms with Crippen molar-refractivity contribution in [1.29, 1.82) is 0 Å². The summed E-state index contributed by atoms with van der Waals surface area (Å²) in [5.41, 5.74) is 7.77. The highest BCUT2D eigenvalue weighted by atomic mass is 16.5. The van der Waals surface area contributed by atoms with Gasteiger partial charge in [0.05, 0.1) is 18.0 Å². The predicted octanol–water partition coefficient (Wildman–Crippen LogP) is 3.36. The summed E-state index contributed by atoms with van der Waals surface area (Å²) in [6.45, 7) is 3.59. The number of carbonyl (C=O) groups excluding carboxylic acids is 1. The Kier molecular flexibility index (Phi) is 5.89. The van der Waals surface area contributed by atoms with Gasteiger partial charge in [-0.25, -0.2) is 4.79 Å². The van der Waals surface area contributed by atoms with Crippen molar-refractivity contribution in [2.75, 3.05) is 30.7 Å². The number of hydrogen-bond donors (Lipinski definition) is 3. The van der Waals surface area contributed by atoms with E-state index in [2.05, 4.69) is 17.6 Å². The van der Waals surface area contributed by atoms with Gasteiger partial charge < -0.3 is 21.1 Å². The van der Waals surface area contributed by atoms with Crippen LogP contribution in [0, 0.1) is 0 Å². The van der Waals surface area contributed by atoms with Crippen molar-refractivity contribution >= 4 is 28.2 Å². The van der Waals surface area contributed by atoms with E-state index in [-0.39, 0.29) is 6.09 Å². The van der Waals surface area contributed by atoms with E-state index in [1.165, 1.54) is 0 Å². The second-order valence-electron chi connectivity index (χ2n) is 5.09. The molecule has 0 aromatic heterocycles. The Hall–Kier alpha value is -2.43. The molecule has 0 saturated carbocycles. The molecule has 0 saturated heterocycles. The number of ether oxygens (including phenoxy) is 1. The maximum atomic E-state index is 11.4. The molecule has 0 aliphatic rings. The molecule has 2 aromatic rings. The van der Waals surface area contributed by atoms with Crippen molar-refractivity contribution in [2.45, 2.75) is 19.8 Å². The Morgan fingerprint density at radius 1 is 1.18 bits per heavy atom. The SMILES string of the molecule is CCCCOC(=O)NCCNc1ccc2ccccc2c1N. The number of carbonyl (C=O) groups is 1. The summed E-state index contributed by atoms with van der Waals surface area (Å²) in [7, 11) is 0. The summed E-state index contributed by atoms with van der Waals surface area (Å²) >= 11 is 0. The van der Waals surface area contributed by atoms with Crippen molar-refractivity contribution in [3.63, 3.8) is 0 Å². The van der Waals surface area contributed by atoms with Crippen LogP contribution in [0.1, 0.15) is 19.8 Å². The van der Waals surface area contributed by atoms with Crippen molar-refractivity contribution in [3.05, 3.63) is 36.4 Å². The minimum atomic E-state index is -0.373. The Bertz CT molecular complexity index is 628. The average molecular weight is 301 g/mol. The first kappa shape index (κ1) is 15.9. The number of unbranched alkanes of at least 4 members (excludes halogenated alkanes) is 1. The monoisotopic (exact) mass is 301 g/mol. The summed E-state index contributed by atoms with van der Waals surface area (Å²) in [5.74, 6) is 0. The number of nitrogens with two attached hydrogens (primary N) is 1. The first-order valence-electron chi connectivity index (χ1n) is 7.64. The molecule has 2 rings (SSSR count). The molecular formula is C17H23N3O2. The molecule has 0 unspecified atom stereocenters. The molecule has 0 atom stereocenters. The van der Waals surface area contributed by atoms with Gasteiger partial charge >= 0.3 is 6.09 Å².